The summed E-state index contributed by atoms with van der Waals surface area (Å²) in [5.41, 5.74) is 6.44. The molecule has 5 heteroatoms. The fourth-order valence-corrected chi connectivity index (χ4v) is 2.11. The van der Waals surface area contributed by atoms with Gasteiger partial charge >= 0.3 is 0 Å². The maximum atomic E-state index is 13.1. The van der Waals surface area contributed by atoms with E-state index in [4.69, 9.17) is 10.3 Å². The van der Waals surface area contributed by atoms with Crippen LogP contribution >= 0.6 is 0 Å². The Bertz CT molecular complexity index is 525. The van der Waals surface area contributed by atoms with Crippen LogP contribution in [0, 0.1) is 5.82 Å². The van der Waals surface area contributed by atoms with Crippen molar-refractivity contribution >= 4 is 16.8 Å². The van der Waals surface area contributed by atoms with E-state index in [-0.39, 0.29) is 11.9 Å². The van der Waals surface area contributed by atoms with Crippen molar-refractivity contribution in [3.05, 3.63) is 24.0 Å². The second kappa shape index (κ2) is 3.45. The number of hydrogen-bond acceptors (Lipinski definition) is 4. The highest BCUT2D eigenvalue weighted by molar-refractivity contribution is 5.88. The molecule has 3 rings (SSSR count). The van der Waals surface area contributed by atoms with E-state index >= 15 is 0 Å². The Hall–Kier alpha value is -1.62. The van der Waals surface area contributed by atoms with Crippen molar-refractivity contribution in [1.82, 2.24) is 5.16 Å². The van der Waals surface area contributed by atoms with Crippen molar-refractivity contribution in [3.8, 4) is 0 Å². The molecule has 1 unspecified atom stereocenters. The van der Waals surface area contributed by atoms with Crippen LogP contribution in [0.25, 0.3) is 11.0 Å². The van der Waals surface area contributed by atoms with Gasteiger partial charge in [-0.3, -0.25) is 0 Å². The predicted octanol–water partition coefficient (Wildman–Crippen LogP) is 1.50. The predicted molar refractivity (Wildman–Crippen MR) is 58.8 cm³/mol. The van der Waals surface area contributed by atoms with E-state index in [9.17, 15) is 4.39 Å². The first-order chi connectivity index (χ1) is 7.74. The van der Waals surface area contributed by atoms with Crippen LogP contribution in [0.1, 0.15) is 6.42 Å². The lowest BCUT2D eigenvalue weighted by Gasteiger charge is -2.13. The first-order valence-corrected chi connectivity index (χ1v) is 5.29. The number of fused-ring (bicyclic) bond motifs is 1. The number of rotatable bonds is 1. The van der Waals surface area contributed by atoms with Crippen LogP contribution < -0.4 is 10.6 Å². The molecule has 1 aliphatic rings. The third kappa shape index (κ3) is 1.44. The van der Waals surface area contributed by atoms with Gasteiger partial charge in [0, 0.05) is 19.1 Å². The third-order valence-electron chi connectivity index (χ3n) is 2.94. The quantitative estimate of drug-likeness (QED) is 0.793. The maximum Gasteiger partial charge on any atom is 0.180 e. The van der Waals surface area contributed by atoms with E-state index in [0.29, 0.717) is 16.8 Å². The van der Waals surface area contributed by atoms with Gasteiger partial charge in [0.1, 0.15) is 5.82 Å². The summed E-state index contributed by atoms with van der Waals surface area (Å²) in [6.07, 6.45) is 0.934. The normalized spacial score (nSPS) is 20.9. The molecule has 0 bridgehead atoms. The first-order valence-electron chi connectivity index (χ1n) is 5.29. The molecule has 1 aromatic heterocycles. The van der Waals surface area contributed by atoms with E-state index in [1.54, 1.807) is 6.07 Å². The standard InChI is InChI=1S/C11H12FN3O/c12-7-1-2-10-9(5-7)11(14-16-10)15-4-3-8(13)6-15/h1-2,5,8H,3-4,6,13H2. The van der Waals surface area contributed by atoms with Crippen molar-refractivity contribution in [2.75, 3.05) is 18.0 Å². The topological polar surface area (TPSA) is 55.3 Å². The molecule has 0 amide bonds. The van der Waals surface area contributed by atoms with Crippen LogP contribution in [0.5, 0.6) is 0 Å². The highest BCUT2D eigenvalue weighted by atomic mass is 19.1. The zero-order chi connectivity index (χ0) is 11.1. The maximum absolute atomic E-state index is 13.1. The van der Waals surface area contributed by atoms with Gasteiger partial charge in [-0.15, -0.1) is 0 Å². The first kappa shape index (κ1) is 9.59. The molecule has 2 N–H and O–H groups in total. The summed E-state index contributed by atoms with van der Waals surface area (Å²) in [6.45, 7) is 1.59. The smallest absolute Gasteiger partial charge is 0.180 e. The Balaban J connectivity index is 2.06. The van der Waals surface area contributed by atoms with Crippen molar-refractivity contribution in [1.29, 1.82) is 0 Å². The molecule has 2 heterocycles. The molecule has 2 aromatic rings. The number of anilines is 1. The molecule has 1 fully saturated rings. The fraction of sp³-hybridized carbons (Fsp3) is 0.364. The van der Waals surface area contributed by atoms with Gasteiger partial charge in [0.15, 0.2) is 11.4 Å². The van der Waals surface area contributed by atoms with E-state index in [2.05, 4.69) is 5.16 Å². The van der Waals surface area contributed by atoms with Crippen molar-refractivity contribution < 1.29 is 8.91 Å². The molecule has 0 spiro atoms. The number of benzene rings is 1. The minimum absolute atomic E-state index is 0.167. The van der Waals surface area contributed by atoms with E-state index in [1.807, 2.05) is 4.90 Å². The van der Waals surface area contributed by atoms with E-state index < -0.39 is 0 Å². The van der Waals surface area contributed by atoms with Crippen LogP contribution in [-0.4, -0.2) is 24.3 Å². The lowest BCUT2D eigenvalue weighted by atomic mass is 10.2. The van der Waals surface area contributed by atoms with Crippen LogP contribution in [-0.2, 0) is 0 Å². The van der Waals surface area contributed by atoms with Crippen LogP contribution in [0.3, 0.4) is 0 Å². The Morgan fingerprint density at radius 3 is 3.12 bits per heavy atom. The zero-order valence-electron chi connectivity index (χ0n) is 8.69. The van der Waals surface area contributed by atoms with Crippen LogP contribution in [0.2, 0.25) is 0 Å². The molecule has 0 saturated carbocycles. The van der Waals surface area contributed by atoms with Crippen molar-refractivity contribution in [2.45, 2.75) is 12.5 Å². The second-order valence-corrected chi connectivity index (χ2v) is 4.14. The molecular weight excluding hydrogens is 209 g/mol. The molecule has 0 aliphatic carbocycles. The number of hydrogen-bond donors (Lipinski definition) is 1. The van der Waals surface area contributed by atoms with E-state index in [0.717, 1.165) is 19.5 Å². The SMILES string of the molecule is NC1CCN(c2noc3ccc(F)cc23)C1. The average Bonchev–Trinajstić information content (AvgIpc) is 2.83. The summed E-state index contributed by atoms with van der Waals surface area (Å²) < 4.78 is 18.3. The minimum atomic E-state index is -0.277. The summed E-state index contributed by atoms with van der Waals surface area (Å²) in [5.74, 6) is 0.419. The van der Waals surface area contributed by atoms with Gasteiger partial charge in [0.2, 0.25) is 0 Å². The highest BCUT2D eigenvalue weighted by Gasteiger charge is 2.23. The Morgan fingerprint density at radius 1 is 1.50 bits per heavy atom. The van der Waals surface area contributed by atoms with Gasteiger partial charge in [-0.1, -0.05) is 5.16 Å². The Morgan fingerprint density at radius 2 is 2.38 bits per heavy atom. The Kier molecular flexibility index (Phi) is 2.07. The fourth-order valence-electron chi connectivity index (χ4n) is 2.11. The van der Waals surface area contributed by atoms with Gasteiger partial charge in [0.05, 0.1) is 5.39 Å². The lowest BCUT2D eigenvalue weighted by Crippen LogP contribution is -2.26. The molecular formula is C11H12FN3O. The Labute approximate surface area is 91.8 Å². The summed E-state index contributed by atoms with van der Waals surface area (Å²) in [6, 6.07) is 4.58. The molecule has 4 nitrogen and oxygen atoms in total. The number of nitrogens with zero attached hydrogens (tertiary/aromatic N) is 2. The molecule has 1 atom stereocenters. The van der Waals surface area contributed by atoms with Crippen molar-refractivity contribution in [3.63, 3.8) is 0 Å². The lowest BCUT2D eigenvalue weighted by molar-refractivity contribution is 0.455. The summed E-state index contributed by atoms with van der Waals surface area (Å²) in [5, 5.41) is 4.70. The van der Waals surface area contributed by atoms with Gasteiger partial charge in [-0.05, 0) is 24.6 Å². The van der Waals surface area contributed by atoms with Gasteiger partial charge in [-0.25, -0.2) is 4.39 Å². The monoisotopic (exact) mass is 221 g/mol. The molecule has 1 aromatic carbocycles. The molecule has 16 heavy (non-hydrogen) atoms. The van der Waals surface area contributed by atoms with Crippen molar-refractivity contribution in [2.24, 2.45) is 5.73 Å². The molecule has 84 valence electrons. The zero-order valence-corrected chi connectivity index (χ0v) is 8.69. The number of aromatic nitrogens is 1. The molecule has 1 aliphatic heterocycles. The summed E-state index contributed by atoms with van der Waals surface area (Å²) >= 11 is 0. The highest BCUT2D eigenvalue weighted by Crippen LogP contribution is 2.28. The third-order valence-corrected chi connectivity index (χ3v) is 2.94. The second-order valence-electron chi connectivity index (χ2n) is 4.14. The minimum Gasteiger partial charge on any atom is -0.354 e. The van der Waals surface area contributed by atoms with Gasteiger partial charge in [-0.2, -0.15) is 0 Å². The summed E-state index contributed by atoms with van der Waals surface area (Å²) in [4.78, 5) is 2.04. The number of halogens is 1. The average molecular weight is 221 g/mol. The van der Waals surface area contributed by atoms with Gasteiger partial charge in [0.25, 0.3) is 0 Å². The number of nitrogens with two attached hydrogens (primary N) is 1. The summed E-state index contributed by atoms with van der Waals surface area (Å²) in [7, 11) is 0. The van der Waals surface area contributed by atoms with Crippen LogP contribution in [0.4, 0.5) is 10.2 Å². The molecule has 0 radical (unpaired) electrons. The van der Waals surface area contributed by atoms with Gasteiger partial charge < -0.3 is 15.2 Å². The largest absolute Gasteiger partial charge is 0.354 e. The van der Waals surface area contributed by atoms with E-state index in [1.165, 1.54) is 12.1 Å². The van der Waals surface area contributed by atoms with Crippen LogP contribution in [0.15, 0.2) is 22.7 Å². The molecule has 1 saturated heterocycles.